The standard InChI is InChI=1S/C15H24N2O2S2/c1-10(2)8-12-17-11(3)13(21-12)14(18)16-9-15(19)4-6-20-7-5-15/h10,19H,4-9H2,1-3H3,(H,16,18). The zero-order chi connectivity index (χ0) is 15.5. The Morgan fingerprint density at radius 1 is 1.43 bits per heavy atom. The average molecular weight is 329 g/mol. The summed E-state index contributed by atoms with van der Waals surface area (Å²) in [7, 11) is 0. The van der Waals surface area contributed by atoms with Crippen molar-refractivity contribution in [3.8, 4) is 0 Å². The molecule has 2 rings (SSSR count). The zero-order valence-electron chi connectivity index (χ0n) is 12.9. The summed E-state index contributed by atoms with van der Waals surface area (Å²) in [6, 6.07) is 0. The minimum absolute atomic E-state index is 0.105. The Bertz CT molecular complexity index is 494. The highest BCUT2D eigenvalue weighted by molar-refractivity contribution is 7.99. The van der Waals surface area contributed by atoms with Gasteiger partial charge in [0.1, 0.15) is 4.88 Å². The number of aliphatic hydroxyl groups is 1. The van der Waals surface area contributed by atoms with Crippen molar-refractivity contribution in [3.63, 3.8) is 0 Å². The van der Waals surface area contributed by atoms with E-state index in [-0.39, 0.29) is 5.91 Å². The van der Waals surface area contributed by atoms with E-state index in [1.807, 2.05) is 18.7 Å². The lowest BCUT2D eigenvalue weighted by molar-refractivity contribution is 0.0312. The smallest absolute Gasteiger partial charge is 0.263 e. The molecular formula is C15H24N2O2S2. The number of nitrogens with zero attached hydrogens (tertiary/aromatic N) is 1. The molecule has 0 aliphatic carbocycles. The number of amides is 1. The summed E-state index contributed by atoms with van der Waals surface area (Å²) in [5.74, 6) is 2.35. The molecule has 1 fully saturated rings. The third-order valence-corrected chi connectivity index (χ3v) is 5.80. The summed E-state index contributed by atoms with van der Waals surface area (Å²) in [5, 5.41) is 14.3. The van der Waals surface area contributed by atoms with E-state index >= 15 is 0 Å². The number of hydrogen-bond donors (Lipinski definition) is 2. The Morgan fingerprint density at radius 3 is 2.71 bits per heavy atom. The van der Waals surface area contributed by atoms with E-state index < -0.39 is 5.60 Å². The van der Waals surface area contributed by atoms with Crippen LogP contribution in [0.1, 0.15) is 47.1 Å². The van der Waals surface area contributed by atoms with Crippen LogP contribution in [0.25, 0.3) is 0 Å². The zero-order valence-corrected chi connectivity index (χ0v) is 14.6. The van der Waals surface area contributed by atoms with Gasteiger partial charge in [-0.1, -0.05) is 13.8 Å². The van der Waals surface area contributed by atoms with E-state index in [0.29, 0.717) is 17.3 Å². The maximum atomic E-state index is 12.3. The summed E-state index contributed by atoms with van der Waals surface area (Å²) in [6.07, 6.45) is 2.40. The van der Waals surface area contributed by atoms with Crippen molar-refractivity contribution in [1.82, 2.24) is 10.3 Å². The molecule has 21 heavy (non-hydrogen) atoms. The molecule has 0 atom stereocenters. The number of thioether (sulfide) groups is 1. The van der Waals surface area contributed by atoms with Crippen molar-refractivity contribution >= 4 is 29.0 Å². The van der Waals surface area contributed by atoms with E-state index in [0.717, 1.165) is 41.5 Å². The fourth-order valence-corrected chi connectivity index (χ4v) is 4.80. The van der Waals surface area contributed by atoms with Gasteiger partial charge in [0, 0.05) is 13.0 Å². The predicted octanol–water partition coefficient (Wildman–Crippen LogP) is 2.64. The van der Waals surface area contributed by atoms with Gasteiger partial charge in [0.15, 0.2) is 0 Å². The van der Waals surface area contributed by atoms with Gasteiger partial charge in [-0.15, -0.1) is 11.3 Å². The minimum Gasteiger partial charge on any atom is -0.388 e. The highest BCUT2D eigenvalue weighted by Crippen LogP contribution is 2.26. The van der Waals surface area contributed by atoms with Crippen LogP contribution < -0.4 is 5.32 Å². The average Bonchev–Trinajstić information content (AvgIpc) is 2.77. The highest BCUT2D eigenvalue weighted by atomic mass is 32.2. The number of aryl methyl sites for hydroxylation is 1. The summed E-state index contributed by atoms with van der Waals surface area (Å²) >= 11 is 3.33. The predicted molar refractivity (Wildman–Crippen MR) is 89.2 cm³/mol. The molecule has 0 unspecified atom stereocenters. The molecule has 0 radical (unpaired) electrons. The number of thiazole rings is 1. The SMILES string of the molecule is Cc1nc(CC(C)C)sc1C(=O)NCC1(O)CCSCC1. The first-order valence-corrected chi connectivity index (χ1v) is 9.41. The molecular weight excluding hydrogens is 304 g/mol. The highest BCUT2D eigenvalue weighted by Gasteiger charge is 2.30. The van der Waals surface area contributed by atoms with Crippen LogP contribution in [0.3, 0.4) is 0 Å². The fourth-order valence-electron chi connectivity index (χ4n) is 2.35. The lowest BCUT2D eigenvalue weighted by atomic mass is 9.97. The monoisotopic (exact) mass is 328 g/mol. The molecule has 0 aromatic carbocycles. The molecule has 0 bridgehead atoms. The van der Waals surface area contributed by atoms with Crippen molar-refractivity contribution in [2.75, 3.05) is 18.1 Å². The van der Waals surface area contributed by atoms with Crippen LogP contribution in [0.4, 0.5) is 0 Å². The number of hydrogen-bond acceptors (Lipinski definition) is 5. The summed E-state index contributed by atoms with van der Waals surface area (Å²) < 4.78 is 0. The molecule has 1 aromatic rings. The van der Waals surface area contributed by atoms with Gasteiger partial charge in [-0.2, -0.15) is 11.8 Å². The summed E-state index contributed by atoms with van der Waals surface area (Å²) in [4.78, 5) is 17.4. The normalized spacial score (nSPS) is 18.0. The van der Waals surface area contributed by atoms with Crippen molar-refractivity contribution in [2.24, 2.45) is 5.92 Å². The first-order valence-electron chi connectivity index (χ1n) is 7.44. The first-order chi connectivity index (χ1) is 9.89. The van der Waals surface area contributed by atoms with Gasteiger partial charge in [-0.05, 0) is 37.2 Å². The minimum atomic E-state index is -0.736. The fraction of sp³-hybridized carbons (Fsp3) is 0.733. The first kappa shape index (κ1) is 16.8. The van der Waals surface area contributed by atoms with Crippen LogP contribution in [-0.2, 0) is 6.42 Å². The second-order valence-electron chi connectivity index (χ2n) is 6.14. The van der Waals surface area contributed by atoms with Crippen molar-refractivity contribution in [1.29, 1.82) is 0 Å². The molecule has 0 spiro atoms. The third kappa shape index (κ3) is 4.69. The van der Waals surface area contributed by atoms with Gasteiger partial charge in [0.2, 0.25) is 0 Å². The lowest BCUT2D eigenvalue weighted by Gasteiger charge is -2.31. The Balaban J connectivity index is 1.95. The largest absolute Gasteiger partial charge is 0.388 e. The van der Waals surface area contributed by atoms with Crippen LogP contribution in [0, 0.1) is 12.8 Å². The molecule has 4 nitrogen and oxygen atoms in total. The molecule has 1 aliphatic heterocycles. The van der Waals surface area contributed by atoms with Gasteiger partial charge in [-0.3, -0.25) is 4.79 Å². The molecule has 1 saturated heterocycles. The van der Waals surface area contributed by atoms with Crippen LogP contribution in [0.2, 0.25) is 0 Å². The van der Waals surface area contributed by atoms with Gasteiger partial charge in [-0.25, -0.2) is 4.98 Å². The number of nitrogens with one attached hydrogen (secondary N) is 1. The van der Waals surface area contributed by atoms with E-state index in [4.69, 9.17) is 0 Å². The third-order valence-electron chi connectivity index (χ3n) is 3.63. The maximum absolute atomic E-state index is 12.3. The van der Waals surface area contributed by atoms with Crippen LogP contribution >= 0.6 is 23.1 Å². The Morgan fingerprint density at radius 2 is 2.10 bits per heavy atom. The van der Waals surface area contributed by atoms with E-state index in [1.54, 1.807) is 0 Å². The molecule has 1 amide bonds. The molecule has 2 heterocycles. The van der Waals surface area contributed by atoms with E-state index in [9.17, 15) is 9.90 Å². The molecule has 6 heteroatoms. The number of rotatable bonds is 5. The summed E-state index contributed by atoms with van der Waals surface area (Å²) in [6.45, 7) is 6.50. The Labute approximate surface area is 134 Å². The van der Waals surface area contributed by atoms with Gasteiger partial charge in [0.25, 0.3) is 5.91 Å². The van der Waals surface area contributed by atoms with Crippen LogP contribution in [-0.4, -0.2) is 39.6 Å². The quantitative estimate of drug-likeness (QED) is 0.872. The molecule has 2 N–H and O–H groups in total. The number of aromatic nitrogens is 1. The van der Waals surface area contributed by atoms with Crippen molar-refractivity contribution < 1.29 is 9.90 Å². The van der Waals surface area contributed by atoms with Gasteiger partial charge < -0.3 is 10.4 Å². The maximum Gasteiger partial charge on any atom is 0.263 e. The molecule has 118 valence electrons. The molecule has 1 aliphatic rings. The van der Waals surface area contributed by atoms with Gasteiger partial charge >= 0.3 is 0 Å². The summed E-state index contributed by atoms with van der Waals surface area (Å²) in [5.41, 5.74) is 0.0552. The number of carbonyl (C=O) groups is 1. The molecule has 0 saturated carbocycles. The lowest BCUT2D eigenvalue weighted by Crippen LogP contribution is -2.45. The second-order valence-corrected chi connectivity index (χ2v) is 8.45. The van der Waals surface area contributed by atoms with Crippen LogP contribution in [0.5, 0.6) is 0 Å². The second kappa shape index (κ2) is 7.11. The number of carbonyl (C=O) groups excluding carboxylic acids is 1. The van der Waals surface area contributed by atoms with Gasteiger partial charge in [0.05, 0.1) is 16.3 Å². The van der Waals surface area contributed by atoms with Crippen molar-refractivity contribution in [2.45, 2.75) is 45.6 Å². The molecule has 1 aromatic heterocycles. The topological polar surface area (TPSA) is 62.2 Å². The van der Waals surface area contributed by atoms with E-state index in [2.05, 4.69) is 24.1 Å². The Kier molecular flexibility index (Phi) is 5.68. The van der Waals surface area contributed by atoms with Crippen molar-refractivity contribution in [3.05, 3.63) is 15.6 Å². The van der Waals surface area contributed by atoms with E-state index in [1.165, 1.54) is 11.3 Å². The Hall–Kier alpha value is -0.590. The van der Waals surface area contributed by atoms with Crippen LogP contribution in [0.15, 0.2) is 0 Å².